The molecule has 7 heteroatoms. The first-order valence-electron chi connectivity index (χ1n) is 8.19. The SMILES string of the molecule is CC(C)(C)C1=CC=CC(N(C(=O)O)c2ccc(C#CCBr)cc2)C1=S(=O)=O. The molecule has 0 spiro atoms. The number of benzene rings is 1. The van der Waals surface area contributed by atoms with Crippen molar-refractivity contribution in [1.82, 2.24) is 0 Å². The molecule has 0 aliphatic heterocycles. The predicted octanol–water partition coefficient (Wildman–Crippen LogP) is 3.88. The van der Waals surface area contributed by atoms with E-state index in [1.807, 2.05) is 20.8 Å². The summed E-state index contributed by atoms with van der Waals surface area (Å²) in [5.74, 6) is 5.81. The van der Waals surface area contributed by atoms with Gasteiger partial charge in [0.15, 0.2) is 0 Å². The molecule has 1 aliphatic rings. The Hall–Kier alpha value is -2.30. The lowest BCUT2D eigenvalue weighted by atomic mass is 9.80. The quantitative estimate of drug-likeness (QED) is 0.422. The Bertz CT molecular complexity index is 979. The lowest BCUT2D eigenvalue weighted by Crippen LogP contribution is -2.46. The molecule has 0 radical (unpaired) electrons. The highest BCUT2D eigenvalue weighted by Gasteiger charge is 2.35. The highest BCUT2D eigenvalue weighted by molar-refractivity contribution is 9.09. The molecule has 1 aromatic rings. The fourth-order valence-corrected chi connectivity index (χ4v) is 3.90. The molecule has 1 unspecified atom stereocenters. The van der Waals surface area contributed by atoms with Crippen molar-refractivity contribution in [2.24, 2.45) is 5.41 Å². The molecule has 0 saturated heterocycles. The van der Waals surface area contributed by atoms with Gasteiger partial charge in [0.05, 0.1) is 11.4 Å². The molecule has 27 heavy (non-hydrogen) atoms. The Morgan fingerprint density at radius 2 is 1.89 bits per heavy atom. The fraction of sp³-hybridized carbons (Fsp3) is 0.300. The number of hydrogen-bond donors (Lipinski definition) is 1. The van der Waals surface area contributed by atoms with Crippen LogP contribution < -0.4 is 4.90 Å². The molecule has 1 atom stereocenters. The van der Waals surface area contributed by atoms with Crippen LogP contribution in [0.5, 0.6) is 0 Å². The van der Waals surface area contributed by atoms with Crippen LogP contribution in [0.3, 0.4) is 0 Å². The van der Waals surface area contributed by atoms with Gasteiger partial charge in [-0.3, -0.25) is 4.90 Å². The van der Waals surface area contributed by atoms with Gasteiger partial charge in [-0.25, -0.2) is 4.79 Å². The van der Waals surface area contributed by atoms with Crippen LogP contribution in [0.2, 0.25) is 0 Å². The monoisotopic (exact) mass is 449 g/mol. The van der Waals surface area contributed by atoms with Gasteiger partial charge in [-0.1, -0.05) is 66.8 Å². The summed E-state index contributed by atoms with van der Waals surface area (Å²) in [4.78, 5) is 13.1. The third kappa shape index (κ3) is 4.90. The van der Waals surface area contributed by atoms with Crippen LogP contribution in [0, 0.1) is 17.3 Å². The van der Waals surface area contributed by atoms with E-state index in [2.05, 4.69) is 27.8 Å². The van der Waals surface area contributed by atoms with E-state index in [1.165, 1.54) is 0 Å². The Kier molecular flexibility index (Phi) is 6.68. The molecular formula is C20H20BrNO4S. The highest BCUT2D eigenvalue weighted by atomic mass is 79.9. The summed E-state index contributed by atoms with van der Waals surface area (Å²) in [6, 6.07) is 5.74. The number of carbonyl (C=O) groups is 1. The molecule has 2 rings (SSSR count). The van der Waals surface area contributed by atoms with E-state index in [-0.39, 0.29) is 4.86 Å². The Labute approximate surface area is 169 Å². The normalized spacial score (nSPS) is 16.2. The average Bonchev–Trinajstić information content (AvgIpc) is 2.59. The minimum atomic E-state index is -2.56. The molecular weight excluding hydrogens is 430 g/mol. The molecule has 0 bridgehead atoms. The first kappa shape index (κ1) is 21.0. The van der Waals surface area contributed by atoms with Gasteiger partial charge in [-0.2, -0.15) is 8.42 Å². The van der Waals surface area contributed by atoms with Crippen LogP contribution in [-0.2, 0) is 10.3 Å². The van der Waals surface area contributed by atoms with E-state index in [1.54, 1.807) is 42.5 Å². The number of allylic oxidation sites excluding steroid dienone is 2. The number of halogens is 1. The van der Waals surface area contributed by atoms with Crippen LogP contribution in [0.25, 0.3) is 0 Å². The molecule has 1 aliphatic carbocycles. The minimum Gasteiger partial charge on any atom is -0.465 e. The number of anilines is 1. The Morgan fingerprint density at radius 1 is 1.26 bits per heavy atom. The van der Waals surface area contributed by atoms with E-state index in [4.69, 9.17) is 0 Å². The van der Waals surface area contributed by atoms with Crippen molar-refractivity contribution in [2.75, 3.05) is 10.2 Å². The summed E-state index contributed by atoms with van der Waals surface area (Å²) < 4.78 is 24.0. The first-order valence-corrected chi connectivity index (χ1v) is 10.4. The van der Waals surface area contributed by atoms with Crippen molar-refractivity contribution in [2.45, 2.75) is 26.8 Å². The van der Waals surface area contributed by atoms with E-state index in [0.717, 1.165) is 10.5 Å². The number of rotatable bonds is 2. The van der Waals surface area contributed by atoms with Gasteiger partial charge in [0.1, 0.15) is 4.86 Å². The van der Waals surface area contributed by atoms with Gasteiger partial charge in [0, 0.05) is 11.3 Å². The molecule has 0 saturated carbocycles. The van der Waals surface area contributed by atoms with E-state index >= 15 is 0 Å². The number of carboxylic acid groups (broad SMARTS) is 1. The third-order valence-electron chi connectivity index (χ3n) is 4.01. The fourth-order valence-electron chi connectivity index (χ4n) is 2.83. The molecule has 0 fully saturated rings. The van der Waals surface area contributed by atoms with E-state index in [9.17, 15) is 18.3 Å². The van der Waals surface area contributed by atoms with Crippen LogP contribution in [0.15, 0.2) is 48.1 Å². The lowest BCUT2D eigenvalue weighted by molar-refractivity contribution is 0.201. The van der Waals surface area contributed by atoms with Crippen LogP contribution in [0.4, 0.5) is 10.5 Å². The second kappa shape index (κ2) is 8.59. The maximum Gasteiger partial charge on any atom is 0.412 e. The number of hydrogen-bond acceptors (Lipinski definition) is 3. The second-order valence-electron chi connectivity index (χ2n) is 6.89. The summed E-state index contributed by atoms with van der Waals surface area (Å²) in [7, 11) is -2.56. The van der Waals surface area contributed by atoms with Gasteiger partial charge >= 0.3 is 6.09 Å². The zero-order valence-corrected chi connectivity index (χ0v) is 17.6. The summed E-state index contributed by atoms with van der Waals surface area (Å²) in [5, 5.41) is 10.3. The van der Waals surface area contributed by atoms with Crippen LogP contribution in [-0.4, -0.2) is 35.9 Å². The lowest BCUT2D eigenvalue weighted by Gasteiger charge is -2.33. The number of nitrogens with zero attached hydrogens (tertiary/aromatic N) is 1. The zero-order chi connectivity index (χ0) is 20.2. The van der Waals surface area contributed by atoms with Gasteiger partial charge in [-0.05, 0) is 35.3 Å². The van der Waals surface area contributed by atoms with Crippen molar-refractivity contribution < 1.29 is 18.3 Å². The third-order valence-corrected chi connectivity index (χ3v) is 5.11. The van der Waals surface area contributed by atoms with Crippen molar-refractivity contribution in [1.29, 1.82) is 0 Å². The predicted molar refractivity (Wildman–Crippen MR) is 112 cm³/mol. The minimum absolute atomic E-state index is 0.0653. The molecule has 1 aromatic carbocycles. The molecule has 1 N–H and O–H groups in total. The van der Waals surface area contributed by atoms with E-state index in [0.29, 0.717) is 16.6 Å². The average molecular weight is 450 g/mol. The van der Waals surface area contributed by atoms with Crippen molar-refractivity contribution in [3.63, 3.8) is 0 Å². The Morgan fingerprint density at radius 3 is 2.37 bits per heavy atom. The van der Waals surface area contributed by atoms with Gasteiger partial charge in [0.25, 0.3) is 0 Å². The molecule has 5 nitrogen and oxygen atoms in total. The molecule has 0 heterocycles. The van der Waals surface area contributed by atoms with E-state index < -0.39 is 27.8 Å². The van der Waals surface area contributed by atoms with Crippen molar-refractivity contribution in [3.8, 4) is 11.8 Å². The summed E-state index contributed by atoms with van der Waals surface area (Å²) >= 11 is 3.22. The zero-order valence-electron chi connectivity index (χ0n) is 15.2. The topological polar surface area (TPSA) is 74.7 Å². The van der Waals surface area contributed by atoms with Gasteiger partial charge in [0.2, 0.25) is 10.3 Å². The molecule has 0 aromatic heterocycles. The Balaban J connectivity index is 2.54. The first-order chi connectivity index (χ1) is 12.7. The van der Waals surface area contributed by atoms with Gasteiger partial charge in [-0.15, -0.1) is 0 Å². The summed E-state index contributed by atoms with van der Waals surface area (Å²) in [6.45, 7) is 5.68. The molecule has 142 valence electrons. The van der Waals surface area contributed by atoms with Gasteiger partial charge < -0.3 is 5.11 Å². The maximum absolute atomic E-state index is 12.0. The highest BCUT2D eigenvalue weighted by Crippen LogP contribution is 2.32. The smallest absolute Gasteiger partial charge is 0.412 e. The largest absolute Gasteiger partial charge is 0.465 e. The van der Waals surface area contributed by atoms with Crippen molar-refractivity contribution >= 4 is 42.9 Å². The number of alkyl halides is 1. The van der Waals surface area contributed by atoms with Crippen molar-refractivity contribution in [3.05, 3.63) is 53.6 Å². The summed E-state index contributed by atoms with van der Waals surface area (Å²) in [5.41, 5.74) is 1.26. The van der Waals surface area contributed by atoms with Crippen LogP contribution >= 0.6 is 15.9 Å². The number of amides is 1. The maximum atomic E-state index is 12.0. The molecule has 1 amide bonds. The second-order valence-corrected chi connectivity index (χ2v) is 8.36. The standard InChI is InChI=1S/C20H20BrNO4S/c1-20(2,3)16-7-4-8-17(18(16)27(25)26)22(19(23)24)15-11-9-14(10-12-15)6-5-13-21/h4,7-12,17H,13H2,1-3H3,(H,23,24). The van der Waals surface area contributed by atoms with Crippen LogP contribution in [0.1, 0.15) is 26.3 Å². The summed E-state index contributed by atoms with van der Waals surface area (Å²) in [6.07, 6.45) is 3.77.